The van der Waals surface area contributed by atoms with E-state index in [9.17, 15) is 28.2 Å². The molecular weight excluding hydrogens is 711 g/mol. The van der Waals surface area contributed by atoms with Crippen molar-refractivity contribution in [3.8, 4) is 5.75 Å². The molecule has 13 nitrogen and oxygen atoms in total. The van der Waals surface area contributed by atoms with Crippen LogP contribution in [0, 0.1) is 23.2 Å². The van der Waals surface area contributed by atoms with Crippen molar-refractivity contribution in [1.29, 1.82) is 0 Å². The van der Waals surface area contributed by atoms with E-state index < -0.39 is 52.6 Å². The number of amides is 3. The number of nitrogens with zero attached hydrogens (tertiary/aromatic N) is 2. The summed E-state index contributed by atoms with van der Waals surface area (Å²) in [6.45, 7) is 1.49. The Kier molecular flexibility index (Phi) is 13.6. The molecular formula is C40H53N5O8S. The predicted molar refractivity (Wildman–Crippen MR) is 205 cm³/mol. The van der Waals surface area contributed by atoms with Crippen molar-refractivity contribution < 1.29 is 38.0 Å². The Morgan fingerprint density at radius 3 is 2.04 bits per heavy atom. The zero-order valence-corrected chi connectivity index (χ0v) is 32.1. The second-order valence-corrected chi connectivity index (χ2v) is 17.1. The first-order valence-corrected chi connectivity index (χ1v) is 20.4. The van der Waals surface area contributed by atoms with Gasteiger partial charge in [0.15, 0.2) is 0 Å². The number of esters is 1. The van der Waals surface area contributed by atoms with Gasteiger partial charge in [-0.15, -0.1) is 0 Å². The minimum Gasteiger partial charge on any atom is -0.481 e. The van der Waals surface area contributed by atoms with Gasteiger partial charge >= 0.3 is 11.9 Å². The Labute approximate surface area is 319 Å². The van der Waals surface area contributed by atoms with Crippen molar-refractivity contribution in [3.63, 3.8) is 0 Å². The standard InChI is InChI=1S/C40H53N5O8S/c1-25(41)42-33(20-27-9-11-31(12-10-27)53-39(51)40-22-28-17-29(23-40)19-30(18-28)24-40)37(49)43-32(14-16-54(3)52)36(48)44-34(21-26-7-5-4-6-8-26)38(50)45(2)15-13-35(46)47/h4-12,28-30,32-34H,13-24H2,1-3H3,(H2,41,42)(H,43,49)(H,44,48)(H,46,47)/t28?,29?,30?,32-,33+,34+,40?,54?/m1/s1. The molecule has 4 aliphatic rings. The van der Waals surface area contributed by atoms with Crippen LogP contribution in [-0.4, -0.2) is 93.4 Å². The lowest BCUT2D eigenvalue weighted by Gasteiger charge is -2.55. The number of carboxylic acids is 1. The minimum atomic E-state index is -1.29. The molecule has 1 unspecified atom stereocenters. The summed E-state index contributed by atoms with van der Waals surface area (Å²) in [4.78, 5) is 71.4. The number of hydrogen-bond acceptors (Lipinski definition) is 8. The van der Waals surface area contributed by atoms with Crippen LogP contribution < -0.4 is 21.1 Å². The molecule has 292 valence electrons. The monoisotopic (exact) mass is 763 g/mol. The highest BCUT2D eigenvalue weighted by Gasteiger charge is 2.55. The van der Waals surface area contributed by atoms with Crippen molar-refractivity contribution in [3.05, 3.63) is 65.7 Å². The molecule has 0 aromatic heterocycles. The Hall–Kier alpha value is -4.59. The summed E-state index contributed by atoms with van der Waals surface area (Å²) in [7, 11) is 0.173. The second kappa shape index (κ2) is 18.2. The van der Waals surface area contributed by atoms with Crippen molar-refractivity contribution >= 4 is 46.3 Å². The Morgan fingerprint density at radius 1 is 0.907 bits per heavy atom. The molecule has 5 N–H and O–H groups in total. The molecule has 0 spiro atoms. The van der Waals surface area contributed by atoms with Gasteiger partial charge in [-0.1, -0.05) is 42.5 Å². The maximum absolute atomic E-state index is 13.8. The largest absolute Gasteiger partial charge is 0.481 e. The lowest BCUT2D eigenvalue weighted by atomic mass is 9.49. The first-order valence-electron chi connectivity index (χ1n) is 18.7. The second-order valence-electron chi connectivity index (χ2n) is 15.5. The molecule has 3 amide bonds. The molecule has 0 saturated heterocycles. The SMILES string of the molecule is CC(N)=N[C@@H](Cc1ccc(OC(=O)C23CC4CC(CC(C4)C2)C3)cc1)C(=O)N[C@H](CCS(C)=O)C(=O)N[C@@H](Cc1ccccc1)C(=O)N(C)CCC(=O)O. The van der Waals surface area contributed by atoms with Gasteiger partial charge in [0, 0.05) is 49.2 Å². The van der Waals surface area contributed by atoms with Gasteiger partial charge in [0.1, 0.15) is 23.9 Å². The number of carbonyl (C=O) groups excluding carboxylic acids is 4. The summed E-state index contributed by atoms with van der Waals surface area (Å²) in [5.74, 6) is -0.412. The van der Waals surface area contributed by atoms with Gasteiger partial charge < -0.3 is 31.1 Å². The van der Waals surface area contributed by atoms with Crippen LogP contribution in [-0.2, 0) is 47.6 Å². The van der Waals surface area contributed by atoms with Gasteiger partial charge in [0.05, 0.1) is 17.7 Å². The van der Waals surface area contributed by atoms with Gasteiger partial charge in [-0.2, -0.15) is 0 Å². The molecule has 6 rings (SSSR count). The smallest absolute Gasteiger partial charge is 0.317 e. The van der Waals surface area contributed by atoms with E-state index in [4.69, 9.17) is 15.6 Å². The van der Waals surface area contributed by atoms with Crippen LogP contribution in [0.4, 0.5) is 0 Å². The summed E-state index contributed by atoms with van der Waals surface area (Å²) < 4.78 is 18.0. The number of aliphatic imine (C=N–C) groups is 1. The molecule has 54 heavy (non-hydrogen) atoms. The van der Waals surface area contributed by atoms with E-state index >= 15 is 0 Å². The first-order chi connectivity index (χ1) is 25.7. The summed E-state index contributed by atoms with van der Waals surface area (Å²) in [5.41, 5.74) is 7.04. The molecule has 14 heteroatoms. The number of rotatable bonds is 18. The fraction of sp³-hybridized carbons (Fsp3) is 0.550. The van der Waals surface area contributed by atoms with Gasteiger partial charge in [0.25, 0.3) is 0 Å². The van der Waals surface area contributed by atoms with E-state index in [1.807, 2.05) is 6.07 Å². The zero-order valence-electron chi connectivity index (χ0n) is 31.3. The predicted octanol–water partition coefficient (Wildman–Crippen LogP) is 3.01. The third kappa shape index (κ3) is 11.0. The van der Waals surface area contributed by atoms with E-state index in [1.54, 1.807) is 55.5 Å². The normalized spacial score (nSPS) is 23.8. The number of hydrogen-bond donors (Lipinski definition) is 4. The lowest BCUT2D eigenvalue weighted by Crippen LogP contribution is -2.56. The quantitative estimate of drug-likeness (QED) is 0.0764. The Balaban J connectivity index is 1.26. The maximum Gasteiger partial charge on any atom is 0.317 e. The van der Waals surface area contributed by atoms with E-state index in [-0.39, 0.29) is 55.2 Å². The van der Waals surface area contributed by atoms with Gasteiger partial charge in [-0.05, 0) is 92.9 Å². The number of carboxylic acid groups (broad SMARTS) is 1. The highest BCUT2D eigenvalue weighted by atomic mass is 32.2. The fourth-order valence-corrected chi connectivity index (χ4v) is 9.29. The van der Waals surface area contributed by atoms with Gasteiger partial charge in [-0.25, -0.2) is 0 Å². The average Bonchev–Trinajstić information content (AvgIpc) is 3.11. The summed E-state index contributed by atoms with van der Waals surface area (Å²) in [6, 6.07) is 12.7. The Bertz CT molecular complexity index is 1690. The molecule has 4 fully saturated rings. The van der Waals surface area contributed by atoms with Crippen molar-refractivity contribution in [2.24, 2.45) is 33.9 Å². The molecule has 4 atom stereocenters. The zero-order chi connectivity index (χ0) is 39.0. The molecule has 0 heterocycles. The van der Waals surface area contributed by atoms with Crippen molar-refractivity contribution in [2.75, 3.05) is 25.6 Å². The van der Waals surface area contributed by atoms with Gasteiger partial charge in [0.2, 0.25) is 17.7 Å². The number of benzene rings is 2. The lowest BCUT2D eigenvalue weighted by molar-refractivity contribution is -0.161. The van der Waals surface area contributed by atoms with Crippen LogP contribution in [0.25, 0.3) is 0 Å². The van der Waals surface area contributed by atoms with Crippen LogP contribution in [0.15, 0.2) is 59.6 Å². The van der Waals surface area contributed by atoms with E-state index in [0.29, 0.717) is 23.5 Å². The molecule has 4 aliphatic carbocycles. The molecule has 2 aromatic carbocycles. The van der Waals surface area contributed by atoms with E-state index in [0.717, 1.165) is 30.4 Å². The third-order valence-corrected chi connectivity index (χ3v) is 11.8. The van der Waals surface area contributed by atoms with Crippen LogP contribution in [0.2, 0.25) is 0 Å². The van der Waals surface area contributed by atoms with E-state index in [2.05, 4.69) is 15.6 Å². The summed E-state index contributed by atoms with van der Waals surface area (Å²) in [5, 5.41) is 14.6. The molecule has 4 bridgehead atoms. The average molecular weight is 764 g/mol. The van der Waals surface area contributed by atoms with Crippen LogP contribution in [0.5, 0.6) is 5.75 Å². The number of carbonyl (C=O) groups is 5. The molecule has 2 aromatic rings. The molecule has 0 aliphatic heterocycles. The first kappa shape index (κ1) is 40.6. The van der Waals surface area contributed by atoms with Gasteiger partial charge in [-0.3, -0.25) is 33.2 Å². The molecule has 0 radical (unpaired) electrons. The highest BCUT2D eigenvalue weighted by molar-refractivity contribution is 7.84. The number of ether oxygens (including phenoxy) is 1. The fourth-order valence-electron chi connectivity index (χ4n) is 8.72. The topological polar surface area (TPSA) is 198 Å². The van der Waals surface area contributed by atoms with Crippen LogP contribution in [0.3, 0.4) is 0 Å². The number of nitrogens with one attached hydrogen (secondary N) is 2. The summed E-state index contributed by atoms with van der Waals surface area (Å²) >= 11 is 0. The van der Waals surface area contributed by atoms with E-state index in [1.165, 1.54) is 37.5 Å². The maximum atomic E-state index is 13.8. The Morgan fingerprint density at radius 2 is 1.48 bits per heavy atom. The minimum absolute atomic E-state index is 0.0175. The van der Waals surface area contributed by atoms with Crippen molar-refractivity contribution in [1.82, 2.24) is 15.5 Å². The van der Waals surface area contributed by atoms with Crippen LogP contribution >= 0.6 is 0 Å². The number of aliphatic carboxylic acids is 1. The number of amidine groups is 1. The highest BCUT2D eigenvalue weighted by Crippen LogP contribution is 2.60. The third-order valence-electron chi connectivity index (χ3n) is 11.0. The van der Waals surface area contributed by atoms with Crippen LogP contribution in [0.1, 0.15) is 69.4 Å². The van der Waals surface area contributed by atoms with Crippen molar-refractivity contribution in [2.45, 2.75) is 89.3 Å². The number of likely N-dealkylation sites (N-methyl/N-ethyl adjacent to an activating group) is 1. The number of nitrogens with two attached hydrogens (primary N) is 1. The molecule has 4 saturated carbocycles. The summed E-state index contributed by atoms with van der Waals surface area (Å²) in [6.07, 6.45) is 7.89.